The first kappa shape index (κ1) is 15.0. The molecule has 0 aliphatic carbocycles. The van der Waals surface area contributed by atoms with Crippen LogP contribution in [0.25, 0.3) is 0 Å². The molecule has 1 N–H and O–H groups in total. The molecule has 1 aromatic rings. The molecule has 1 rings (SSSR count). The van der Waals surface area contributed by atoms with E-state index in [-0.39, 0.29) is 6.10 Å². The SMILES string of the molecule is CCC(CNCCCOC)Oc1ccccc1C. The van der Waals surface area contributed by atoms with E-state index in [4.69, 9.17) is 9.47 Å². The molecule has 0 saturated heterocycles. The topological polar surface area (TPSA) is 30.5 Å². The van der Waals surface area contributed by atoms with Crippen molar-refractivity contribution in [1.82, 2.24) is 5.32 Å². The number of benzene rings is 1. The summed E-state index contributed by atoms with van der Waals surface area (Å²) in [6.07, 6.45) is 2.27. The van der Waals surface area contributed by atoms with Gasteiger partial charge in [0.15, 0.2) is 0 Å². The van der Waals surface area contributed by atoms with Crippen molar-refractivity contribution in [3.8, 4) is 5.75 Å². The predicted molar refractivity (Wildman–Crippen MR) is 75.2 cm³/mol. The Morgan fingerprint density at radius 1 is 1.28 bits per heavy atom. The maximum Gasteiger partial charge on any atom is 0.122 e. The van der Waals surface area contributed by atoms with Gasteiger partial charge in [-0.25, -0.2) is 0 Å². The Labute approximate surface area is 110 Å². The highest BCUT2D eigenvalue weighted by Crippen LogP contribution is 2.18. The van der Waals surface area contributed by atoms with Crippen molar-refractivity contribution in [2.75, 3.05) is 26.8 Å². The van der Waals surface area contributed by atoms with E-state index in [9.17, 15) is 0 Å². The summed E-state index contributed by atoms with van der Waals surface area (Å²) < 4.78 is 11.0. The summed E-state index contributed by atoms with van der Waals surface area (Å²) >= 11 is 0. The van der Waals surface area contributed by atoms with Gasteiger partial charge < -0.3 is 14.8 Å². The number of methoxy groups -OCH3 is 1. The number of nitrogens with one attached hydrogen (secondary N) is 1. The van der Waals surface area contributed by atoms with Gasteiger partial charge in [0.05, 0.1) is 0 Å². The molecule has 0 spiro atoms. The molecule has 102 valence electrons. The minimum absolute atomic E-state index is 0.230. The molecule has 0 bridgehead atoms. The minimum Gasteiger partial charge on any atom is -0.489 e. The molecule has 3 nitrogen and oxygen atoms in total. The summed E-state index contributed by atoms with van der Waals surface area (Å²) in [5, 5.41) is 3.41. The van der Waals surface area contributed by atoms with Crippen molar-refractivity contribution in [2.24, 2.45) is 0 Å². The maximum atomic E-state index is 6.01. The number of ether oxygens (including phenoxy) is 2. The van der Waals surface area contributed by atoms with Crippen LogP contribution in [0.2, 0.25) is 0 Å². The summed E-state index contributed by atoms with van der Waals surface area (Å²) in [5.41, 5.74) is 1.19. The largest absolute Gasteiger partial charge is 0.489 e. The molecule has 0 aliphatic rings. The summed E-state index contributed by atoms with van der Waals surface area (Å²) in [7, 11) is 1.73. The molecule has 0 heterocycles. The first-order chi connectivity index (χ1) is 8.77. The molecule has 0 fully saturated rings. The van der Waals surface area contributed by atoms with Gasteiger partial charge in [0, 0.05) is 20.3 Å². The number of aryl methyl sites for hydroxylation is 1. The van der Waals surface area contributed by atoms with Gasteiger partial charge in [-0.2, -0.15) is 0 Å². The third-order valence-corrected chi connectivity index (χ3v) is 2.92. The van der Waals surface area contributed by atoms with Crippen molar-refractivity contribution < 1.29 is 9.47 Å². The Hall–Kier alpha value is -1.06. The zero-order valence-corrected chi connectivity index (χ0v) is 11.7. The van der Waals surface area contributed by atoms with Gasteiger partial charge >= 0.3 is 0 Å². The van der Waals surface area contributed by atoms with Crippen molar-refractivity contribution in [1.29, 1.82) is 0 Å². The number of hydrogen-bond acceptors (Lipinski definition) is 3. The van der Waals surface area contributed by atoms with Gasteiger partial charge in [0.1, 0.15) is 11.9 Å². The normalized spacial score (nSPS) is 12.4. The van der Waals surface area contributed by atoms with E-state index in [1.807, 2.05) is 18.2 Å². The molecular formula is C15H25NO2. The second-order valence-corrected chi connectivity index (χ2v) is 4.46. The summed E-state index contributed by atoms with van der Waals surface area (Å²) in [4.78, 5) is 0. The molecule has 0 aliphatic heterocycles. The number of para-hydroxylation sites is 1. The third-order valence-electron chi connectivity index (χ3n) is 2.92. The highest BCUT2D eigenvalue weighted by Gasteiger charge is 2.08. The van der Waals surface area contributed by atoms with Crippen molar-refractivity contribution in [3.05, 3.63) is 29.8 Å². The summed E-state index contributed by atoms with van der Waals surface area (Å²) in [5.74, 6) is 0.989. The van der Waals surface area contributed by atoms with Crippen LogP contribution in [0.1, 0.15) is 25.3 Å². The first-order valence-corrected chi connectivity index (χ1v) is 6.69. The van der Waals surface area contributed by atoms with Crippen LogP contribution in [-0.4, -0.2) is 32.9 Å². The van der Waals surface area contributed by atoms with E-state index >= 15 is 0 Å². The third kappa shape index (κ3) is 5.52. The van der Waals surface area contributed by atoms with Gasteiger partial charge in [0.25, 0.3) is 0 Å². The zero-order chi connectivity index (χ0) is 13.2. The summed E-state index contributed by atoms with van der Waals surface area (Å²) in [6.45, 7) is 6.90. The second kappa shape index (κ2) is 8.95. The molecule has 0 amide bonds. The fourth-order valence-electron chi connectivity index (χ4n) is 1.74. The number of rotatable bonds is 9. The first-order valence-electron chi connectivity index (χ1n) is 6.69. The molecule has 1 atom stereocenters. The van der Waals surface area contributed by atoms with Crippen LogP contribution in [0.4, 0.5) is 0 Å². The van der Waals surface area contributed by atoms with Crippen LogP contribution >= 0.6 is 0 Å². The highest BCUT2D eigenvalue weighted by molar-refractivity contribution is 5.31. The fourth-order valence-corrected chi connectivity index (χ4v) is 1.74. The molecule has 1 aromatic carbocycles. The molecule has 1 unspecified atom stereocenters. The zero-order valence-electron chi connectivity index (χ0n) is 11.7. The predicted octanol–water partition coefficient (Wildman–Crippen LogP) is 2.78. The quantitative estimate of drug-likeness (QED) is 0.685. The van der Waals surface area contributed by atoms with E-state index in [0.717, 1.165) is 38.3 Å². The van der Waals surface area contributed by atoms with Gasteiger partial charge in [-0.3, -0.25) is 0 Å². The van der Waals surface area contributed by atoms with E-state index in [0.29, 0.717) is 0 Å². The Balaban J connectivity index is 2.31. The lowest BCUT2D eigenvalue weighted by atomic mass is 10.2. The van der Waals surface area contributed by atoms with Crippen LogP contribution < -0.4 is 10.1 Å². The Bertz CT molecular complexity index is 328. The lowest BCUT2D eigenvalue weighted by Crippen LogP contribution is -2.32. The molecule has 0 saturated carbocycles. The van der Waals surface area contributed by atoms with E-state index in [1.54, 1.807) is 7.11 Å². The second-order valence-electron chi connectivity index (χ2n) is 4.46. The summed E-state index contributed by atoms with van der Waals surface area (Å²) in [6, 6.07) is 8.16. The molecule has 18 heavy (non-hydrogen) atoms. The van der Waals surface area contributed by atoms with E-state index in [2.05, 4.69) is 25.2 Å². The fraction of sp³-hybridized carbons (Fsp3) is 0.600. The monoisotopic (exact) mass is 251 g/mol. The lowest BCUT2D eigenvalue weighted by Gasteiger charge is -2.19. The smallest absolute Gasteiger partial charge is 0.122 e. The van der Waals surface area contributed by atoms with Crippen LogP contribution in [0.15, 0.2) is 24.3 Å². The van der Waals surface area contributed by atoms with Gasteiger partial charge in [0.2, 0.25) is 0 Å². The Morgan fingerprint density at radius 2 is 2.06 bits per heavy atom. The van der Waals surface area contributed by atoms with Crippen molar-refractivity contribution >= 4 is 0 Å². The van der Waals surface area contributed by atoms with E-state index in [1.165, 1.54) is 5.56 Å². The van der Waals surface area contributed by atoms with Crippen LogP contribution in [0.3, 0.4) is 0 Å². The van der Waals surface area contributed by atoms with Gasteiger partial charge in [-0.15, -0.1) is 0 Å². The molecular weight excluding hydrogens is 226 g/mol. The van der Waals surface area contributed by atoms with E-state index < -0.39 is 0 Å². The average molecular weight is 251 g/mol. The Kier molecular flexibility index (Phi) is 7.46. The number of hydrogen-bond donors (Lipinski definition) is 1. The van der Waals surface area contributed by atoms with Crippen LogP contribution in [0, 0.1) is 6.92 Å². The van der Waals surface area contributed by atoms with Crippen molar-refractivity contribution in [3.63, 3.8) is 0 Å². The van der Waals surface area contributed by atoms with Crippen LogP contribution in [-0.2, 0) is 4.74 Å². The van der Waals surface area contributed by atoms with Crippen LogP contribution in [0.5, 0.6) is 5.75 Å². The highest BCUT2D eigenvalue weighted by atomic mass is 16.5. The average Bonchev–Trinajstić information content (AvgIpc) is 2.39. The van der Waals surface area contributed by atoms with Crippen molar-refractivity contribution in [2.45, 2.75) is 32.8 Å². The molecule has 0 radical (unpaired) electrons. The standard InChI is InChI=1S/C15H25NO2/c1-4-14(12-16-10-7-11-17-3)18-15-9-6-5-8-13(15)2/h5-6,8-9,14,16H,4,7,10-12H2,1-3H3. The minimum atomic E-state index is 0.230. The van der Waals surface area contributed by atoms with Gasteiger partial charge in [-0.05, 0) is 37.9 Å². The maximum absolute atomic E-state index is 6.01. The lowest BCUT2D eigenvalue weighted by molar-refractivity contribution is 0.180. The molecule has 3 heteroatoms. The molecule has 0 aromatic heterocycles. The Morgan fingerprint density at radius 3 is 2.72 bits per heavy atom. The van der Waals surface area contributed by atoms with Gasteiger partial charge in [-0.1, -0.05) is 25.1 Å².